The summed E-state index contributed by atoms with van der Waals surface area (Å²) in [6.45, 7) is 0.0369. The maximum atomic E-state index is 12.6. The Hall–Kier alpha value is -4.11. The van der Waals surface area contributed by atoms with Crippen molar-refractivity contribution in [2.75, 3.05) is 11.9 Å². The molecule has 3 rings (SSSR count). The number of fused-ring (bicyclic) bond motifs is 1. The highest BCUT2D eigenvalue weighted by Crippen LogP contribution is 2.24. The fourth-order valence-electron chi connectivity index (χ4n) is 2.79. The molecule has 0 aliphatic heterocycles. The minimum atomic E-state index is -0.946. The average molecular weight is 386 g/mol. The summed E-state index contributed by atoms with van der Waals surface area (Å²) in [7, 11) is 0. The number of anilines is 1. The smallest absolute Gasteiger partial charge is 0.306 e. The van der Waals surface area contributed by atoms with Gasteiger partial charge >= 0.3 is 5.97 Å². The summed E-state index contributed by atoms with van der Waals surface area (Å²) in [5, 5.41) is 22.8. The van der Waals surface area contributed by atoms with Crippen molar-refractivity contribution in [3.63, 3.8) is 0 Å². The number of carboxylic acid groups (broad SMARTS) is 1. The van der Waals surface area contributed by atoms with Gasteiger partial charge in [0.2, 0.25) is 0 Å². The topological polar surface area (TPSA) is 99.4 Å². The second-order valence-corrected chi connectivity index (χ2v) is 6.22. The van der Waals surface area contributed by atoms with Gasteiger partial charge in [0.1, 0.15) is 17.4 Å². The predicted octanol–water partition coefficient (Wildman–Crippen LogP) is 4.24. The molecule has 3 aromatic carbocycles. The molecule has 0 aliphatic rings. The molecule has 0 fully saturated rings. The van der Waals surface area contributed by atoms with E-state index in [1.807, 2.05) is 42.5 Å². The van der Waals surface area contributed by atoms with E-state index < -0.39 is 11.9 Å². The Labute approximate surface area is 167 Å². The third-order valence-electron chi connectivity index (χ3n) is 4.16. The van der Waals surface area contributed by atoms with Gasteiger partial charge in [0.25, 0.3) is 5.91 Å². The number of carboxylic acids is 1. The summed E-state index contributed by atoms with van der Waals surface area (Å²) in [6.07, 6.45) is 1.35. The van der Waals surface area contributed by atoms with E-state index in [2.05, 4.69) is 5.32 Å². The first-order chi connectivity index (χ1) is 14.1. The monoisotopic (exact) mass is 386 g/mol. The number of benzene rings is 3. The standard InChI is InChI=1S/C23H18N2O4/c24-15-18(13-16-5-3-8-19(14-16)29-12-11-22(26)27)23(28)25-21-10-4-7-17-6-1-2-9-20(17)21/h1-10,13-14H,11-12H2,(H,25,28)(H,26,27)/b18-13-. The van der Waals surface area contributed by atoms with Crippen LogP contribution in [-0.4, -0.2) is 23.6 Å². The van der Waals surface area contributed by atoms with Gasteiger partial charge in [-0.2, -0.15) is 5.26 Å². The maximum Gasteiger partial charge on any atom is 0.306 e. The van der Waals surface area contributed by atoms with E-state index in [1.54, 1.807) is 30.3 Å². The molecule has 0 heterocycles. The zero-order valence-electron chi connectivity index (χ0n) is 15.5. The van der Waals surface area contributed by atoms with Crippen LogP contribution in [-0.2, 0) is 9.59 Å². The van der Waals surface area contributed by atoms with Gasteiger partial charge in [-0.1, -0.05) is 48.5 Å². The highest BCUT2D eigenvalue weighted by Gasteiger charge is 2.11. The van der Waals surface area contributed by atoms with Crippen molar-refractivity contribution in [1.29, 1.82) is 5.26 Å². The molecule has 0 aromatic heterocycles. The number of hydrogen-bond acceptors (Lipinski definition) is 4. The SMILES string of the molecule is N#C/C(=C/c1cccc(OCCC(=O)O)c1)C(=O)Nc1cccc2ccccc12. The van der Waals surface area contributed by atoms with Crippen LogP contribution in [0.3, 0.4) is 0 Å². The molecule has 2 N–H and O–H groups in total. The van der Waals surface area contributed by atoms with E-state index in [4.69, 9.17) is 9.84 Å². The van der Waals surface area contributed by atoms with Gasteiger partial charge in [-0.25, -0.2) is 0 Å². The summed E-state index contributed by atoms with van der Waals surface area (Å²) in [5.74, 6) is -0.995. The Morgan fingerprint density at radius 3 is 2.62 bits per heavy atom. The fraction of sp³-hybridized carbons (Fsp3) is 0.0870. The van der Waals surface area contributed by atoms with Crippen molar-refractivity contribution in [1.82, 2.24) is 0 Å². The largest absolute Gasteiger partial charge is 0.493 e. The first kappa shape index (κ1) is 19.6. The summed E-state index contributed by atoms with van der Waals surface area (Å²) >= 11 is 0. The zero-order valence-corrected chi connectivity index (χ0v) is 15.5. The van der Waals surface area contributed by atoms with Crippen LogP contribution in [0, 0.1) is 11.3 Å². The molecular formula is C23H18N2O4. The molecule has 6 heteroatoms. The highest BCUT2D eigenvalue weighted by molar-refractivity contribution is 6.12. The van der Waals surface area contributed by atoms with E-state index in [1.165, 1.54) is 6.08 Å². The van der Waals surface area contributed by atoms with Crippen molar-refractivity contribution < 1.29 is 19.4 Å². The number of amides is 1. The van der Waals surface area contributed by atoms with Gasteiger partial charge in [0, 0.05) is 11.1 Å². The number of carbonyl (C=O) groups is 2. The summed E-state index contributed by atoms with van der Waals surface area (Å²) in [4.78, 5) is 23.2. The van der Waals surface area contributed by atoms with Crippen molar-refractivity contribution in [2.24, 2.45) is 0 Å². The molecule has 0 atom stereocenters. The maximum absolute atomic E-state index is 12.6. The van der Waals surface area contributed by atoms with Crippen LogP contribution in [0.5, 0.6) is 5.75 Å². The third kappa shape index (κ3) is 5.21. The molecule has 0 unspecified atom stereocenters. The molecule has 0 bridgehead atoms. The minimum Gasteiger partial charge on any atom is -0.493 e. The fourth-order valence-corrected chi connectivity index (χ4v) is 2.79. The Kier molecular flexibility index (Phi) is 6.23. The number of ether oxygens (including phenoxy) is 1. The summed E-state index contributed by atoms with van der Waals surface area (Å²) in [6, 6.07) is 21.9. The van der Waals surface area contributed by atoms with Gasteiger partial charge in [0.05, 0.1) is 13.0 Å². The van der Waals surface area contributed by atoms with Crippen molar-refractivity contribution in [3.8, 4) is 11.8 Å². The quantitative estimate of drug-likeness (QED) is 0.467. The van der Waals surface area contributed by atoms with Crippen LogP contribution in [0.15, 0.2) is 72.3 Å². The molecule has 0 aliphatic carbocycles. The molecular weight excluding hydrogens is 368 g/mol. The number of aliphatic carboxylic acids is 1. The molecule has 3 aromatic rings. The molecule has 1 amide bonds. The molecule has 0 saturated carbocycles. The van der Waals surface area contributed by atoms with Crippen LogP contribution in [0.2, 0.25) is 0 Å². The first-order valence-electron chi connectivity index (χ1n) is 8.92. The number of nitrogens with one attached hydrogen (secondary N) is 1. The molecule has 144 valence electrons. The number of nitriles is 1. The second kappa shape index (κ2) is 9.20. The van der Waals surface area contributed by atoms with Crippen molar-refractivity contribution in [3.05, 3.63) is 77.9 Å². The molecule has 29 heavy (non-hydrogen) atoms. The summed E-state index contributed by atoms with van der Waals surface area (Å²) in [5.41, 5.74) is 1.17. The third-order valence-corrected chi connectivity index (χ3v) is 4.16. The Balaban J connectivity index is 1.78. The van der Waals surface area contributed by atoms with Gasteiger partial charge in [-0.3, -0.25) is 9.59 Å². The van der Waals surface area contributed by atoms with E-state index in [0.29, 0.717) is 17.0 Å². The average Bonchev–Trinajstić information content (AvgIpc) is 2.72. The van der Waals surface area contributed by atoms with E-state index in [-0.39, 0.29) is 18.6 Å². The van der Waals surface area contributed by atoms with Crippen LogP contribution >= 0.6 is 0 Å². The van der Waals surface area contributed by atoms with Crippen molar-refractivity contribution in [2.45, 2.75) is 6.42 Å². The van der Waals surface area contributed by atoms with Crippen LogP contribution in [0.4, 0.5) is 5.69 Å². The summed E-state index contributed by atoms with van der Waals surface area (Å²) < 4.78 is 5.38. The number of carbonyl (C=O) groups excluding carboxylic acids is 1. The van der Waals surface area contributed by atoms with Crippen LogP contribution < -0.4 is 10.1 Å². The highest BCUT2D eigenvalue weighted by atomic mass is 16.5. The second-order valence-electron chi connectivity index (χ2n) is 6.22. The van der Waals surface area contributed by atoms with E-state index >= 15 is 0 Å². The Bertz CT molecular complexity index is 1120. The predicted molar refractivity (Wildman–Crippen MR) is 110 cm³/mol. The zero-order chi connectivity index (χ0) is 20.6. The first-order valence-corrected chi connectivity index (χ1v) is 8.92. The lowest BCUT2D eigenvalue weighted by Crippen LogP contribution is -2.13. The number of hydrogen-bond donors (Lipinski definition) is 2. The van der Waals surface area contributed by atoms with Crippen LogP contribution in [0.1, 0.15) is 12.0 Å². The van der Waals surface area contributed by atoms with Crippen LogP contribution in [0.25, 0.3) is 16.8 Å². The molecule has 0 spiro atoms. The molecule has 0 saturated heterocycles. The number of nitrogens with zero attached hydrogens (tertiary/aromatic N) is 1. The normalized spacial score (nSPS) is 10.9. The lowest BCUT2D eigenvalue weighted by Gasteiger charge is -2.08. The Morgan fingerprint density at radius 2 is 1.83 bits per heavy atom. The van der Waals surface area contributed by atoms with Gasteiger partial charge in [-0.15, -0.1) is 0 Å². The van der Waals surface area contributed by atoms with Gasteiger partial charge < -0.3 is 15.2 Å². The van der Waals surface area contributed by atoms with Gasteiger partial charge in [0.15, 0.2) is 0 Å². The van der Waals surface area contributed by atoms with E-state index in [0.717, 1.165) is 10.8 Å². The van der Waals surface area contributed by atoms with Crippen molar-refractivity contribution >= 4 is 34.4 Å². The molecule has 6 nitrogen and oxygen atoms in total. The molecule has 0 radical (unpaired) electrons. The van der Waals surface area contributed by atoms with E-state index in [9.17, 15) is 14.9 Å². The number of rotatable bonds is 7. The Morgan fingerprint density at radius 1 is 1.07 bits per heavy atom. The van der Waals surface area contributed by atoms with Gasteiger partial charge in [-0.05, 0) is 35.2 Å². The lowest BCUT2D eigenvalue weighted by molar-refractivity contribution is -0.137. The minimum absolute atomic E-state index is 0.0369. The lowest BCUT2D eigenvalue weighted by atomic mass is 10.1.